The Bertz CT molecular complexity index is 439. The van der Waals surface area contributed by atoms with Gasteiger partial charge in [0.15, 0.2) is 0 Å². The molecule has 0 saturated carbocycles. The summed E-state index contributed by atoms with van der Waals surface area (Å²) in [6.45, 7) is 8.78. The molecule has 0 aromatic heterocycles. The molecule has 1 atom stereocenters. The second-order valence-electron chi connectivity index (χ2n) is 4.58. The number of benzene rings is 1. The summed E-state index contributed by atoms with van der Waals surface area (Å²) < 4.78 is 48.4. The van der Waals surface area contributed by atoms with Crippen LogP contribution in [0.15, 0.2) is 30.3 Å². The highest BCUT2D eigenvalue weighted by Gasteiger charge is 2.33. The molecule has 1 unspecified atom stereocenters. The van der Waals surface area contributed by atoms with Crippen molar-refractivity contribution in [1.29, 1.82) is 0 Å². The van der Waals surface area contributed by atoms with E-state index in [1.165, 1.54) is 25.3 Å². The lowest BCUT2D eigenvalue weighted by Crippen LogP contribution is -2.41. The van der Waals surface area contributed by atoms with E-state index in [9.17, 15) is 13.2 Å². The lowest BCUT2D eigenvalue weighted by Gasteiger charge is -2.32. The Hall–Kier alpha value is -1.49. The Labute approximate surface area is 110 Å². The van der Waals surface area contributed by atoms with E-state index in [-0.39, 0.29) is 5.75 Å². The lowest BCUT2D eigenvalue weighted by atomic mass is 10.0. The molecule has 0 aliphatic heterocycles. The van der Waals surface area contributed by atoms with Gasteiger partial charge in [-0.05, 0) is 32.0 Å². The first-order chi connectivity index (χ1) is 8.70. The van der Waals surface area contributed by atoms with Crippen molar-refractivity contribution in [2.24, 2.45) is 0 Å². The number of hydrogen-bond acceptors (Lipinski definition) is 2. The van der Waals surface area contributed by atoms with Gasteiger partial charge in [0.25, 0.3) is 0 Å². The van der Waals surface area contributed by atoms with Gasteiger partial charge in [-0.3, -0.25) is 0 Å². The average Bonchev–Trinajstić information content (AvgIpc) is 2.28. The van der Waals surface area contributed by atoms with Crippen LogP contribution in [-0.2, 0) is 10.9 Å². The van der Waals surface area contributed by atoms with E-state index in [1.54, 1.807) is 13.8 Å². The average molecular weight is 273 g/mol. The molecule has 1 aromatic carbocycles. The quantitative estimate of drug-likeness (QED) is 0.811. The van der Waals surface area contributed by atoms with Gasteiger partial charge in [0.1, 0.15) is 17.5 Å². The lowest BCUT2D eigenvalue weighted by molar-refractivity contribution is -0.137. The summed E-state index contributed by atoms with van der Waals surface area (Å²) in [6.07, 6.45) is -3.64. The van der Waals surface area contributed by atoms with Gasteiger partial charge >= 0.3 is 6.18 Å². The highest BCUT2D eigenvalue weighted by molar-refractivity contribution is 5.31. The van der Waals surface area contributed by atoms with Crippen LogP contribution in [0.3, 0.4) is 0 Å². The molecule has 1 rings (SSSR count). The number of methoxy groups -OCH3 is 1. The van der Waals surface area contributed by atoms with E-state index in [1.807, 2.05) is 0 Å². The van der Waals surface area contributed by atoms with Crippen LogP contribution in [0.1, 0.15) is 19.4 Å². The molecule has 0 bridgehead atoms. The monoisotopic (exact) mass is 273 g/mol. The standard InChI is InChI=1S/C14H16F3O2/c1-5-12(18-4)13(2,3)19-11-8-6-7-10(9-11)14(15,16)17/h1,5-9,12H,2-4H3. The first-order valence-electron chi connectivity index (χ1n) is 5.65. The van der Waals surface area contributed by atoms with E-state index in [2.05, 4.69) is 0 Å². The van der Waals surface area contributed by atoms with Crippen molar-refractivity contribution in [1.82, 2.24) is 0 Å². The van der Waals surface area contributed by atoms with Crippen molar-refractivity contribution in [2.45, 2.75) is 31.7 Å². The SMILES string of the molecule is [CH]=CC(OC)C(C)(C)Oc1cccc(C(F)(F)F)c1. The van der Waals surface area contributed by atoms with E-state index in [0.29, 0.717) is 0 Å². The number of alkyl halides is 3. The Morgan fingerprint density at radius 1 is 1.26 bits per heavy atom. The fraction of sp³-hybridized carbons (Fsp3) is 0.429. The largest absolute Gasteiger partial charge is 0.485 e. The van der Waals surface area contributed by atoms with Gasteiger partial charge in [-0.15, -0.1) is 0 Å². The van der Waals surface area contributed by atoms with Crippen LogP contribution < -0.4 is 4.74 Å². The van der Waals surface area contributed by atoms with Crippen LogP contribution in [0, 0.1) is 6.58 Å². The smallest absolute Gasteiger partial charge is 0.416 e. The predicted molar refractivity (Wildman–Crippen MR) is 65.8 cm³/mol. The van der Waals surface area contributed by atoms with Gasteiger partial charge in [0, 0.05) is 7.11 Å². The van der Waals surface area contributed by atoms with Crippen LogP contribution in [0.2, 0.25) is 0 Å². The van der Waals surface area contributed by atoms with Crippen molar-refractivity contribution >= 4 is 0 Å². The molecule has 0 amide bonds. The van der Waals surface area contributed by atoms with Crippen molar-refractivity contribution < 1.29 is 22.6 Å². The minimum absolute atomic E-state index is 0.115. The van der Waals surface area contributed by atoms with E-state index >= 15 is 0 Å². The normalized spacial score (nSPS) is 14.0. The predicted octanol–water partition coefficient (Wildman–Crippen LogP) is 3.87. The van der Waals surface area contributed by atoms with Gasteiger partial charge in [-0.2, -0.15) is 13.2 Å². The number of rotatable bonds is 5. The van der Waals surface area contributed by atoms with Gasteiger partial charge in [0.05, 0.1) is 5.56 Å². The second kappa shape index (κ2) is 5.65. The summed E-state index contributed by atoms with van der Waals surface area (Å²) in [7, 11) is 1.45. The van der Waals surface area contributed by atoms with Crippen molar-refractivity contribution in [3.05, 3.63) is 42.5 Å². The van der Waals surface area contributed by atoms with E-state index in [0.717, 1.165) is 12.1 Å². The molecule has 5 heteroatoms. The molecule has 1 radical (unpaired) electrons. The highest BCUT2D eigenvalue weighted by atomic mass is 19.4. The molecule has 0 fully saturated rings. The molecule has 0 N–H and O–H groups in total. The number of ether oxygens (including phenoxy) is 2. The number of hydrogen-bond donors (Lipinski definition) is 0. The fourth-order valence-electron chi connectivity index (χ4n) is 1.69. The molecular formula is C14H16F3O2. The fourth-order valence-corrected chi connectivity index (χ4v) is 1.69. The van der Waals surface area contributed by atoms with E-state index in [4.69, 9.17) is 16.1 Å². The third-order valence-corrected chi connectivity index (χ3v) is 2.66. The molecule has 19 heavy (non-hydrogen) atoms. The minimum Gasteiger partial charge on any atom is -0.485 e. The van der Waals surface area contributed by atoms with Gasteiger partial charge < -0.3 is 9.47 Å². The molecule has 0 aliphatic rings. The molecule has 1 aromatic rings. The summed E-state index contributed by atoms with van der Waals surface area (Å²) in [5.74, 6) is 0.115. The third kappa shape index (κ3) is 3.99. The highest BCUT2D eigenvalue weighted by Crippen LogP contribution is 2.32. The van der Waals surface area contributed by atoms with E-state index < -0.39 is 23.4 Å². The summed E-state index contributed by atoms with van der Waals surface area (Å²) in [4.78, 5) is 0. The maximum Gasteiger partial charge on any atom is 0.416 e. The molecule has 0 aliphatic carbocycles. The van der Waals surface area contributed by atoms with Crippen LogP contribution in [0.5, 0.6) is 5.75 Å². The van der Waals surface area contributed by atoms with Crippen molar-refractivity contribution in [3.8, 4) is 5.75 Å². The maximum absolute atomic E-state index is 12.6. The molecule has 0 spiro atoms. The third-order valence-electron chi connectivity index (χ3n) is 2.66. The zero-order valence-corrected chi connectivity index (χ0v) is 11.0. The van der Waals surface area contributed by atoms with Crippen molar-refractivity contribution in [2.75, 3.05) is 7.11 Å². The molecule has 0 saturated heterocycles. The van der Waals surface area contributed by atoms with Crippen LogP contribution >= 0.6 is 0 Å². The maximum atomic E-state index is 12.6. The van der Waals surface area contributed by atoms with Crippen LogP contribution in [0.25, 0.3) is 0 Å². The molecule has 105 valence electrons. The zero-order valence-electron chi connectivity index (χ0n) is 11.0. The molecule has 2 nitrogen and oxygen atoms in total. The second-order valence-corrected chi connectivity index (χ2v) is 4.58. The van der Waals surface area contributed by atoms with Crippen molar-refractivity contribution in [3.63, 3.8) is 0 Å². The Balaban J connectivity index is 2.97. The van der Waals surface area contributed by atoms with Gasteiger partial charge in [-0.1, -0.05) is 18.7 Å². The summed E-state index contributed by atoms with van der Waals surface area (Å²) >= 11 is 0. The van der Waals surface area contributed by atoms with Gasteiger partial charge in [0.2, 0.25) is 0 Å². The summed E-state index contributed by atoms with van der Waals surface area (Å²) in [6, 6.07) is 4.69. The Morgan fingerprint density at radius 2 is 1.89 bits per heavy atom. The van der Waals surface area contributed by atoms with Crippen LogP contribution in [0.4, 0.5) is 13.2 Å². The summed E-state index contributed by atoms with van der Waals surface area (Å²) in [5.41, 5.74) is -1.64. The Kier molecular flexibility index (Phi) is 4.63. The Morgan fingerprint density at radius 3 is 2.37 bits per heavy atom. The zero-order chi connectivity index (χ0) is 14.7. The van der Waals surface area contributed by atoms with Crippen LogP contribution in [-0.4, -0.2) is 18.8 Å². The first kappa shape index (κ1) is 15.6. The van der Waals surface area contributed by atoms with Gasteiger partial charge in [-0.25, -0.2) is 0 Å². The molecule has 0 heterocycles. The molecular weight excluding hydrogens is 257 g/mol. The number of halogens is 3. The first-order valence-corrected chi connectivity index (χ1v) is 5.65. The minimum atomic E-state index is -4.40. The summed E-state index contributed by atoms with van der Waals surface area (Å²) in [5, 5.41) is 0. The topological polar surface area (TPSA) is 18.5 Å².